The highest BCUT2D eigenvalue weighted by atomic mass is 16.3. The molecule has 0 spiro atoms. The van der Waals surface area contributed by atoms with Crippen LogP contribution in [-0.2, 0) is 14.4 Å². The van der Waals surface area contributed by atoms with Gasteiger partial charge >= 0.3 is 0 Å². The van der Waals surface area contributed by atoms with E-state index in [1.807, 2.05) is 13.8 Å². The lowest BCUT2D eigenvalue weighted by Crippen LogP contribution is -2.61. The summed E-state index contributed by atoms with van der Waals surface area (Å²) in [5.41, 5.74) is -1.93. The molecule has 0 heterocycles. The van der Waals surface area contributed by atoms with Gasteiger partial charge in [-0.25, -0.2) is 0 Å². The molecular formula is C22H28O6. The molecule has 0 aliphatic heterocycles. The van der Waals surface area contributed by atoms with Crippen molar-refractivity contribution in [2.45, 2.75) is 57.7 Å². The Kier molecular flexibility index (Phi) is 4.34. The van der Waals surface area contributed by atoms with E-state index in [1.54, 1.807) is 12.2 Å². The summed E-state index contributed by atoms with van der Waals surface area (Å²) < 4.78 is 0. The summed E-state index contributed by atoms with van der Waals surface area (Å²) >= 11 is 0. The number of fused-ring (bicyclic) bond motifs is 5. The average molecular weight is 388 g/mol. The summed E-state index contributed by atoms with van der Waals surface area (Å²) in [7, 11) is 0. The van der Waals surface area contributed by atoms with Crippen molar-refractivity contribution >= 4 is 17.9 Å². The Morgan fingerprint density at radius 1 is 1.32 bits per heavy atom. The molecule has 0 saturated heterocycles. The van der Waals surface area contributed by atoms with Gasteiger partial charge in [0.2, 0.25) is 0 Å². The Morgan fingerprint density at radius 2 is 2.04 bits per heavy atom. The second kappa shape index (κ2) is 6.18. The maximum absolute atomic E-state index is 12.4. The first-order valence-corrected chi connectivity index (χ1v) is 10.1. The Bertz CT molecular complexity index is 812. The largest absolute Gasteiger partial charge is 0.393 e. The molecule has 6 heteroatoms. The third-order valence-corrected chi connectivity index (χ3v) is 8.51. The molecule has 4 aliphatic carbocycles. The number of carbonyl (C=O) groups excluding carboxylic acids is 3. The normalized spacial score (nSPS) is 47.4. The molecule has 152 valence electrons. The molecule has 4 aliphatic rings. The summed E-state index contributed by atoms with van der Waals surface area (Å²) in [4.78, 5) is 35.9. The first-order valence-electron chi connectivity index (χ1n) is 10.1. The standard InChI is InChI=1S/C22H28O6/c1-20-8-12(10-23)16(25)7-13(20)3-4-14-15-5-6-22(28,18(27)11-24)21(15,2)9-17(26)19(14)20/h7-8,10,14-15,17,19,24,26,28H,3-6,9,11H2,1-2H3/t14-,15-,17?,19+,20-,21-,22-/m0/s1. The first-order chi connectivity index (χ1) is 13.1. The van der Waals surface area contributed by atoms with Crippen molar-refractivity contribution in [1.29, 1.82) is 0 Å². The maximum Gasteiger partial charge on any atom is 0.190 e. The van der Waals surface area contributed by atoms with Crippen molar-refractivity contribution < 1.29 is 29.7 Å². The highest BCUT2D eigenvalue weighted by Crippen LogP contribution is 2.67. The number of Topliss-reactive ketones (excluding diaryl/α,β-unsaturated/α-hetero) is 1. The quantitative estimate of drug-likeness (QED) is 0.494. The molecule has 0 radical (unpaired) electrons. The lowest BCUT2D eigenvalue weighted by Gasteiger charge is -2.59. The maximum atomic E-state index is 12.4. The van der Waals surface area contributed by atoms with E-state index in [0.29, 0.717) is 19.1 Å². The summed E-state index contributed by atoms with van der Waals surface area (Å²) in [6, 6.07) is 0. The van der Waals surface area contributed by atoms with Gasteiger partial charge in [-0.1, -0.05) is 25.5 Å². The summed E-state index contributed by atoms with van der Waals surface area (Å²) in [5, 5.41) is 31.8. The molecule has 1 unspecified atom stereocenters. The van der Waals surface area contributed by atoms with Gasteiger partial charge in [0.25, 0.3) is 0 Å². The van der Waals surface area contributed by atoms with Crippen molar-refractivity contribution in [3.05, 3.63) is 23.3 Å². The van der Waals surface area contributed by atoms with Crippen LogP contribution < -0.4 is 0 Å². The molecule has 0 aromatic heterocycles. The van der Waals surface area contributed by atoms with Crippen molar-refractivity contribution in [1.82, 2.24) is 0 Å². The van der Waals surface area contributed by atoms with E-state index in [9.17, 15) is 29.7 Å². The summed E-state index contributed by atoms with van der Waals surface area (Å²) in [5.74, 6) is -0.934. The summed E-state index contributed by atoms with van der Waals surface area (Å²) in [6.07, 6.45) is 5.74. The van der Waals surface area contributed by atoms with E-state index >= 15 is 0 Å². The van der Waals surface area contributed by atoms with Gasteiger partial charge in [0.1, 0.15) is 12.2 Å². The zero-order valence-corrected chi connectivity index (χ0v) is 16.4. The van der Waals surface area contributed by atoms with Gasteiger partial charge in [-0.15, -0.1) is 0 Å². The SMILES string of the molecule is C[C@]12C=C(C=O)C(=O)C=C1CC[C@@H]1[C@@H]2C(O)C[C@@]2(C)[C@H]1CC[C@]2(O)C(=O)CO. The van der Waals surface area contributed by atoms with Gasteiger partial charge in [-0.2, -0.15) is 0 Å². The van der Waals surface area contributed by atoms with Crippen LogP contribution in [0.2, 0.25) is 0 Å². The zero-order valence-electron chi connectivity index (χ0n) is 16.4. The minimum Gasteiger partial charge on any atom is -0.393 e. The van der Waals surface area contributed by atoms with Crippen LogP contribution in [0.4, 0.5) is 0 Å². The third kappa shape index (κ3) is 2.28. The summed E-state index contributed by atoms with van der Waals surface area (Å²) in [6.45, 7) is 3.14. The number of aliphatic hydroxyl groups excluding tert-OH is 2. The highest BCUT2D eigenvalue weighted by Gasteiger charge is 2.68. The number of ketones is 2. The highest BCUT2D eigenvalue weighted by molar-refractivity contribution is 6.18. The topological polar surface area (TPSA) is 112 Å². The Morgan fingerprint density at radius 3 is 2.68 bits per heavy atom. The lowest BCUT2D eigenvalue weighted by atomic mass is 9.46. The van der Waals surface area contributed by atoms with Crippen molar-refractivity contribution in [3.8, 4) is 0 Å². The van der Waals surface area contributed by atoms with Crippen LogP contribution in [0.15, 0.2) is 23.3 Å². The van der Waals surface area contributed by atoms with E-state index in [2.05, 4.69) is 0 Å². The van der Waals surface area contributed by atoms with Crippen LogP contribution in [0.5, 0.6) is 0 Å². The van der Waals surface area contributed by atoms with Crippen molar-refractivity contribution in [3.63, 3.8) is 0 Å². The van der Waals surface area contributed by atoms with E-state index in [1.165, 1.54) is 0 Å². The van der Waals surface area contributed by atoms with Gasteiger partial charge in [-0.3, -0.25) is 14.4 Å². The number of carbonyl (C=O) groups is 3. The average Bonchev–Trinajstić information content (AvgIpc) is 2.92. The molecule has 3 N–H and O–H groups in total. The molecular weight excluding hydrogens is 360 g/mol. The number of allylic oxidation sites excluding steroid dienone is 4. The molecule has 28 heavy (non-hydrogen) atoms. The van der Waals surface area contributed by atoms with Crippen LogP contribution in [0.25, 0.3) is 0 Å². The van der Waals surface area contributed by atoms with Crippen LogP contribution in [0.3, 0.4) is 0 Å². The minimum absolute atomic E-state index is 0.0329. The fourth-order valence-corrected chi connectivity index (χ4v) is 7.14. The van der Waals surface area contributed by atoms with Gasteiger partial charge in [0.15, 0.2) is 17.9 Å². The first kappa shape index (κ1) is 19.7. The van der Waals surface area contributed by atoms with Gasteiger partial charge in [0, 0.05) is 16.7 Å². The predicted octanol–water partition coefficient (Wildman–Crippen LogP) is 1.13. The molecule has 0 aromatic rings. The second-order valence-electron chi connectivity index (χ2n) is 9.54. The van der Waals surface area contributed by atoms with Crippen LogP contribution >= 0.6 is 0 Å². The monoisotopic (exact) mass is 388 g/mol. The Hall–Kier alpha value is -1.63. The van der Waals surface area contributed by atoms with Crippen molar-refractivity contribution in [2.75, 3.05) is 6.61 Å². The Labute approximate surface area is 164 Å². The molecule has 0 aromatic carbocycles. The smallest absolute Gasteiger partial charge is 0.190 e. The number of rotatable bonds is 3. The molecule has 6 nitrogen and oxygen atoms in total. The van der Waals surface area contributed by atoms with Crippen LogP contribution in [0, 0.1) is 28.6 Å². The number of aliphatic hydroxyl groups is 3. The fourth-order valence-electron chi connectivity index (χ4n) is 7.14. The number of aldehydes is 1. The van der Waals surface area contributed by atoms with Gasteiger partial charge in [0.05, 0.1) is 11.7 Å². The van der Waals surface area contributed by atoms with E-state index in [-0.39, 0.29) is 42.0 Å². The molecule has 0 amide bonds. The zero-order chi connectivity index (χ0) is 20.5. The van der Waals surface area contributed by atoms with Gasteiger partial charge in [-0.05, 0) is 50.0 Å². The Balaban J connectivity index is 1.77. The molecule has 3 saturated carbocycles. The second-order valence-corrected chi connectivity index (χ2v) is 9.54. The molecule has 0 bridgehead atoms. The lowest BCUT2D eigenvalue weighted by molar-refractivity contribution is -0.178. The number of hydrogen-bond donors (Lipinski definition) is 3. The van der Waals surface area contributed by atoms with Crippen LogP contribution in [-0.4, -0.2) is 51.5 Å². The fraction of sp³-hybridized carbons (Fsp3) is 0.682. The minimum atomic E-state index is -1.62. The van der Waals surface area contributed by atoms with Crippen LogP contribution in [0.1, 0.15) is 46.0 Å². The predicted molar refractivity (Wildman–Crippen MR) is 100 cm³/mol. The number of hydrogen-bond acceptors (Lipinski definition) is 6. The molecule has 4 rings (SSSR count). The van der Waals surface area contributed by atoms with E-state index in [4.69, 9.17) is 0 Å². The van der Waals surface area contributed by atoms with Gasteiger partial charge < -0.3 is 15.3 Å². The van der Waals surface area contributed by atoms with Crippen molar-refractivity contribution in [2.24, 2.45) is 28.6 Å². The van der Waals surface area contributed by atoms with E-state index < -0.39 is 34.9 Å². The molecule has 3 fully saturated rings. The molecule has 7 atom stereocenters. The third-order valence-electron chi connectivity index (χ3n) is 8.51. The van der Waals surface area contributed by atoms with E-state index in [0.717, 1.165) is 12.0 Å².